The molecule has 0 bridgehead atoms. The third kappa shape index (κ3) is 2.31. The summed E-state index contributed by atoms with van der Waals surface area (Å²) in [5, 5.41) is 0. The topological polar surface area (TPSA) is 44.8 Å². The van der Waals surface area contributed by atoms with Crippen molar-refractivity contribution < 1.29 is 19.0 Å². The molecule has 1 aliphatic carbocycles. The Morgan fingerprint density at radius 1 is 1.53 bits per heavy atom. The number of rotatable bonds is 3. The molecule has 1 spiro atoms. The minimum absolute atomic E-state index is 0.106. The van der Waals surface area contributed by atoms with E-state index < -0.39 is 5.79 Å². The van der Waals surface area contributed by atoms with E-state index in [1.165, 1.54) is 7.11 Å². The second-order valence-electron chi connectivity index (χ2n) is 4.60. The van der Waals surface area contributed by atoms with Crippen LogP contribution in [0.2, 0.25) is 0 Å². The number of terminal acetylenes is 1. The minimum Gasteiger partial charge on any atom is -0.469 e. The van der Waals surface area contributed by atoms with Crippen LogP contribution in [0.5, 0.6) is 0 Å². The number of methoxy groups -OCH3 is 1. The van der Waals surface area contributed by atoms with Crippen molar-refractivity contribution in [3.05, 3.63) is 0 Å². The van der Waals surface area contributed by atoms with Crippen molar-refractivity contribution in [2.45, 2.75) is 31.5 Å². The molecule has 94 valence electrons. The fraction of sp³-hybridized carbons (Fsp3) is 0.769. The second kappa shape index (κ2) is 5.07. The average molecular weight is 238 g/mol. The molecule has 2 rings (SSSR count). The zero-order valence-electron chi connectivity index (χ0n) is 10.1. The van der Waals surface area contributed by atoms with Crippen LogP contribution < -0.4 is 0 Å². The van der Waals surface area contributed by atoms with Gasteiger partial charge >= 0.3 is 5.97 Å². The Morgan fingerprint density at radius 3 is 2.82 bits per heavy atom. The number of hydrogen-bond donors (Lipinski definition) is 0. The molecule has 2 atom stereocenters. The first-order valence-electron chi connectivity index (χ1n) is 6.00. The molecule has 1 aliphatic heterocycles. The molecule has 0 unspecified atom stereocenters. The Kier molecular flexibility index (Phi) is 3.70. The molecule has 0 radical (unpaired) electrons. The van der Waals surface area contributed by atoms with E-state index >= 15 is 0 Å². The van der Waals surface area contributed by atoms with Crippen LogP contribution in [0.15, 0.2) is 0 Å². The molecule has 0 aromatic rings. The lowest BCUT2D eigenvalue weighted by Crippen LogP contribution is -2.37. The highest BCUT2D eigenvalue weighted by atomic mass is 16.7. The van der Waals surface area contributed by atoms with Crippen molar-refractivity contribution in [3.63, 3.8) is 0 Å². The first kappa shape index (κ1) is 12.4. The van der Waals surface area contributed by atoms with Gasteiger partial charge in [-0.25, -0.2) is 0 Å². The highest BCUT2D eigenvalue weighted by Gasteiger charge is 2.52. The maximum atomic E-state index is 11.4. The largest absolute Gasteiger partial charge is 0.469 e. The summed E-state index contributed by atoms with van der Waals surface area (Å²) in [5.41, 5.74) is 0. The predicted molar refractivity (Wildman–Crippen MR) is 60.9 cm³/mol. The second-order valence-corrected chi connectivity index (χ2v) is 4.60. The molecule has 2 fully saturated rings. The van der Waals surface area contributed by atoms with Gasteiger partial charge in [-0.1, -0.05) is 0 Å². The normalized spacial score (nSPS) is 30.4. The Labute approximate surface area is 102 Å². The monoisotopic (exact) mass is 238 g/mol. The predicted octanol–water partition coefficient (Wildman–Crippen LogP) is 1.34. The SMILES string of the molecule is C#CC[C@@H]1[C@@H](CC(=O)OC)CCC12OCCO2. The smallest absolute Gasteiger partial charge is 0.305 e. The van der Waals surface area contributed by atoms with Crippen LogP contribution in [0.4, 0.5) is 0 Å². The van der Waals surface area contributed by atoms with Crippen molar-refractivity contribution in [1.82, 2.24) is 0 Å². The van der Waals surface area contributed by atoms with Gasteiger partial charge in [0.1, 0.15) is 0 Å². The Hall–Kier alpha value is -1.05. The van der Waals surface area contributed by atoms with Crippen LogP contribution in [-0.2, 0) is 19.0 Å². The van der Waals surface area contributed by atoms with Crippen molar-refractivity contribution >= 4 is 5.97 Å². The van der Waals surface area contributed by atoms with Gasteiger partial charge in [-0.2, -0.15) is 0 Å². The van der Waals surface area contributed by atoms with E-state index in [0.717, 1.165) is 12.8 Å². The summed E-state index contributed by atoms with van der Waals surface area (Å²) in [4.78, 5) is 11.4. The summed E-state index contributed by atoms with van der Waals surface area (Å²) in [6, 6.07) is 0. The van der Waals surface area contributed by atoms with Crippen LogP contribution in [0.1, 0.15) is 25.7 Å². The van der Waals surface area contributed by atoms with Crippen LogP contribution >= 0.6 is 0 Å². The van der Waals surface area contributed by atoms with Gasteiger partial charge in [0, 0.05) is 25.2 Å². The molecular formula is C13H18O4. The molecule has 1 heterocycles. The molecule has 1 saturated carbocycles. The summed E-state index contributed by atoms with van der Waals surface area (Å²) in [5.74, 6) is 2.26. The maximum Gasteiger partial charge on any atom is 0.305 e. The first-order valence-corrected chi connectivity index (χ1v) is 6.00. The van der Waals surface area contributed by atoms with E-state index in [9.17, 15) is 4.79 Å². The maximum absolute atomic E-state index is 11.4. The lowest BCUT2D eigenvalue weighted by molar-refractivity contribution is -0.185. The Balaban J connectivity index is 2.08. The molecular weight excluding hydrogens is 220 g/mol. The number of carbonyl (C=O) groups excluding carboxylic acids is 1. The third-order valence-electron chi connectivity index (χ3n) is 3.77. The summed E-state index contributed by atoms with van der Waals surface area (Å²) in [6.45, 7) is 1.23. The van der Waals surface area contributed by atoms with Crippen LogP contribution in [0.25, 0.3) is 0 Å². The summed E-state index contributed by atoms with van der Waals surface area (Å²) < 4.78 is 16.2. The van der Waals surface area contributed by atoms with Crippen LogP contribution in [0.3, 0.4) is 0 Å². The van der Waals surface area contributed by atoms with Crippen LogP contribution in [0, 0.1) is 24.2 Å². The van der Waals surface area contributed by atoms with Crippen molar-refractivity contribution in [2.75, 3.05) is 20.3 Å². The highest BCUT2D eigenvalue weighted by molar-refractivity contribution is 5.69. The Morgan fingerprint density at radius 2 is 2.24 bits per heavy atom. The quantitative estimate of drug-likeness (QED) is 0.550. The fourth-order valence-electron chi connectivity index (χ4n) is 2.95. The summed E-state index contributed by atoms with van der Waals surface area (Å²) in [7, 11) is 1.41. The van der Waals surface area contributed by atoms with Gasteiger partial charge < -0.3 is 14.2 Å². The van der Waals surface area contributed by atoms with Crippen molar-refractivity contribution in [3.8, 4) is 12.3 Å². The third-order valence-corrected chi connectivity index (χ3v) is 3.77. The lowest BCUT2D eigenvalue weighted by atomic mass is 9.87. The Bertz CT molecular complexity index is 325. The molecule has 0 aromatic carbocycles. The lowest BCUT2D eigenvalue weighted by Gasteiger charge is -2.30. The van der Waals surface area contributed by atoms with Gasteiger partial charge in [-0.05, 0) is 12.3 Å². The zero-order valence-corrected chi connectivity index (χ0v) is 10.1. The molecule has 0 amide bonds. The first-order chi connectivity index (χ1) is 8.22. The van der Waals surface area contributed by atoms with Gasteiger partial charge in [-0.3, -0.25) is 4.79 Å². The molecule has 2 aliphatic rings. The van der Waals surface area contributed by atoms with E-state index in [2.05, 4.69) is 5.92 Å². The van der Waals surface area contributed by atoms with Gasteiger partial charge in [0.25, 0.3) is 0 Å². The van der Waals surface area contributed by atoms with E-state index in [1.54, 1.807) is 0 Å². The van der Waals surface area contributed by atoms with Gasteiger partial charge in [0.2, 0.25) is 0 Å². The van der Waals surface area contributed by atoms with Gasteiger partial charge in [0.15, 0.2) is 5.79 Å². The van der Waals surface area contributed by atoms with Crippen LogP contribution in [-0.4, -0.2) is 32.1 Å². The zero-order chi connectivity index (χ0) is 12.3. The van der Waals surface area contributed by atoms with Crippen molar-refractivity contribution in [1.29, 1.82) is 0 Å². The average Bonchev–Trinajstić information content (AvgIpc) is 2.92. The molecule has 4 heteroatoms. The van der Waals surface area contributed by atoms with E-state index in [-0.39, 0.29) is 17.8 Å². The molecule has 0 N–H and O–H groups in total. The van der Waals surface area contributed by atoms with E-state index in [0.29, 0.717) is 26.1 Å². The summed E-state index contributed by atoms with van der Waals surface area (Å²) >= 11 is 0. The van der Waals surface area contributed by atoms with Gasteiger partial charge in [0.05, 0.1) is 20.3 Å². The summed E-state index contributed by atoms with van der Waals surface area (Å²) in [6.07, 6.45) is 8.12. The number of esters is 1. The standard InChI is InChI=1S/C13H18O4/c1-3-4-11-10(9-12(14)15-2)5-6-13(11)16-7-8-17-13/h1,10-11H,4-9H2,2H3/t10-,11-/m1/s1. The molecule has 1 saturated heterocycles. The highest BCUT2D eigenvalue weighted by Crippen LogP contribution is 2.48. The number of carbonyl (C=O) groups is 1. The fourth-order valence-corrected chi connectivity index (χ4v) is 2.95. The minimum atomic E-state index is -0.537. The molecule has 17 heavy (non-hydrogen) atoms. The number of ether oxygens (including phenoxy) is 3. The molecule has 4 nitrogen and oxygen atoms in total. The van der Waals surface area contributed by atoms with E-state index in [1.807, 2.05) is 0 Å². The number of hydrogen-bond acceptors (Lipinski definition) is 4. The van der Waals surface area contributed by atoms with Gasteiger partial charge in [-0.15, -0.1) is 12.3 Å². The van der Waals surface area contributed by atoms with E-state index in [4.69, 9.17) is 20.6 Å². The van der Waals surface area contributed by atoms with Crippen molar-refractivity contribution in [2.24, 2.45) is 11.8 Å². The molecule has 0 aromatic heterocycles.